The molecule has 0 aliphatic heterocycles. The van der Waals surface area contributed by atoms with Gasteiger partial charge in [-0.05, 0) is 28.8 Å². The summed E-state index contributed by atoms with van der Waals surface area (Å²) in [5.74, 6) is -1.12. The fraction of sp³-hybridized carbons (Fsp3) is 0.294. The van der Waals surface area contributed by atoms with Crippen molar-refractivity contribution in [1.82, 2.24) is 5.32 Å². The van der Waals surface area contributed by atoms with E-state index < -0.39 is 17.9 Å². The van der Waals surface area contributed by atoms with Crippen molar-refractivity contribution < 1.29 is 19.4 Å². The van der Waals surface area contributed by atoms with Crippen LogP contribution in [0, 0.1) is 5.92 Å². The molecule has 0 saturated carbocycles. The number of rotatable bonds is 6. The first-order valence-corrected chi connectivity index (χ1v) is 7.11. The fourth-order valence-electron chi connectivity index (χ4n) is 2.13. The lowest BCUT2D eigenvalue weighted by atomic mass is 10.1. The van der Waals surface area contributed by atoms with Crippen LogP contribution in [0.4, 0.5) is 0 Å². The fourth-order valence-corrected chi connectivity index (χ4v) is 2.13. The van der Waals surface area contributed by atoms with Gasteiger partial charge in [0.15, 0.2) is 6.61 Å². The Balaban J connectivity index is 1.96. The van der Waals surface area contributed by atoms with E-state index in [1.165, 1.54) is 0 Å². The van der Waals surface area contributed by atoms with Crippen LogP contribution in [0.5, 0.6) is 5.75 Å². The van der Waals surface area contributed by atoms with Gasteiger partial charge < -0.3 is 15.2 Å². The van der Waals surface area contributed by atoms with Crippen molar-refractivity contribution >= 4 is 22.6 Å². The number of nitrogens with one attached hydrogen (secondary N) is 1. The molecule has 116 valence electrons. The average molecular weight is 301 g/mol. The molecular formula is C17H19NO4. The number of carbonyl (C=O) groups excluding carboxylic acids is 1. The second-order valence-electron chi connectivity index (χ2n) is 5.43. The summed E-state index contributed by atoms with van der Waals surface area (Å²) < 4.78 is 5.43. The molecule has 0 heterocycles. The minimum atomic E-state index is -1.05. The molecule has 0 aromatic heterocycles. The number of amides is 1. The SMILES string of the molecule is CC(C)C(NC(=O)COc1ccc2ccccc2c1)C(=O)O. The van der Waals surface area contributed by atoms with Gasteiger partial charge in [0, 0.05) is 0 Å². The molecule has 22 heavy (non-hydrogen) atoms. The maximum atomic E-state index is 11.8. The lowest BCUT2D eigenvalue weighted by molar-refractivity contribution is -0.143. The van der Waals surface area contributed by atoms with Crippen molar-refractivity contribution in [2.24, 2.45) is 5.92 Å². The Bertz CT molecular complexity index is 681. The third-order valence-corrected chi connectivity index (χ3v) is 3.34. The van der Waals surface area contributed by atoms with Gasteiger partial charge >= 0.3 is 5.97 Å². The van der Waals surface area contributed by atoms with E-state index in [-0.39, 0.29) is 12.5 Å². The number of fused-ring (bicyclic) bond motifs is 1. The number of hydrogen-bond donors (Lipinski definition) is 2. The monoisotopic (exact) mass is 301 g/mol. The Morgan fingerprint density at radius 1 is 1.14 bits per heavy atom. The zero-order valence-electron chi connectivity index (χ0n) is 12.6. The van der Waals surface area contributed by atoms with Crippen LogP contribution in [0.25, 0.3) is 10.8 Å². The van der Waals surface area contributed by atoms with Crippen molar-refractivity contribution in [2.45, 2.75) is 19.9 Å². The molecule has 1 amide bonds. The molecular weight excluding hydrogens is 282 g/mol. The molecule has 0 saturated heterocycles. The van der Waals surface area contributed by atoms with E-state index in [9.17, 15) is 9.59 Å². The van der Waals surface area contributed by atoms with E-state index in [1.54, 1.807) is 19.9 Å². The molecule has 0 spiro atoms. The minimum Gasteiger partial charge on any atom is -0.484 e. The Morgan fingerprint density at radius 2 is 1.82 bits per heavy atom. The first-order valence-electron chi connectivity index (χ1n) is 7.11. The predicted molar refractivity (Wildman–Crippen MR) is 83.8 cm³/mol. The molecule has 0 radical (unpaired) electrons. The molecule has 2 N–H and O–H groups in total. The van der Waals surface area contributed by atoms with Crippen LogP contribution in [0.3, 0.4) is 0 Å². The van der Waals surface area contributed by atoms with Crippen molar-refractivity contribution in [3.8, 4) is 5.75 Å². The summed E-state index contributed by atoms with van der Waals surface area (Å²) in [7, 11) is 0. The summed E-state index contributed by atoms with van der Waals surface area (Å²) in [6, 6.07) is 12.5. The normalized spacial score (nSPS) is 12.1. The number of carboxylic acid groups (broad SMARTS) is 1. The van der Waals surface area contributed by atoms with Crippen LogP contribution in [0.1, 0.15) is 13.8 Å². The van der Waals surface area contributed by atoms with Crippen LogP contribution in [0.15, 0.2) is 42.5 Å². The van der Waals surface area contributed by atoms with Gasteiger partial charge in [-0.25, -0.2) is 4.79 Å². The molecule has 2 aromatic rings. The zero-order valence-corrected chi connectivity index (χ0v) is 12.6. The Labute approximate surface area is 128 Å². The summed E-state index contributed by atoms with van der Waals surface area (Å²) in [4.78, 5) is 22.8. The molecule has 1 atom stereocenters. The number of carboxylic acids is 1. The van der Waals surface area contributed by atoms with Gasteiger partial charge in [-0.3, -0.25) is 4.79 Å². The minimum absolute atomic E-state index is 0.192. The number of carbonyl (C=O) groups is 2. The van der Waals surface area contributed by atoms with E-state index in [2.05, 4.69) is 5.32 Å². The van der Waals surface area contributed by atoms with Crippen LogP contribution in [0.2, 0.25) is 0 Å². The molecule has 5 heteroatoms. The molecule has 5 nitrogen and oxygen atoms in total. The molecule has 1 unspecified atom stereocenters. The summed E-state index contributed by atoms with van der Waals surface area (Å²) >= 11 is 0. The highest BCUT2D eigenvalue weighted by atomic mass is 16.5. The maximum absolute atomic E-state index is 11.8. The Kier molecular flexibility index (Phi) is 4.99. The van der Waals surface area contributed by atoms with Crippen LogP contribution in [-0.2, 0) is 9.59 Å². The Morgan fingerprint density at radius 3 is 2.45 bits per heavy atom. The van der Waals surface area contributed by atoms with Crippen molar-refractivity contribution in [3.05, 3.63) is 42.5 Å². The highest BCUT2D eigenvalue weighted by molar-refractivity contribution is 5.85. The lowest BCUT2D eigenvalue weighted by Crippen LogP contribution is -2.46. The highest BCUT2D eigenvalue weighted by Crippen LogP contribution is 2.20. The maximum Gasteiger partial charge on any atom is 0.326 e. The van der Waals surface area contributed by atoms with Gasteiger partial charge in [-0.2, -0.15) is 0 Å². The topological polar surface area (TPSA) is 75.6 Å². The highest BCUT2D eigenvalue weighted by Gasteiger charge is 2.23. The van der Waals surface area contributed by atoms with Crippen LogP contribution >= 0.6 is 0 Å². The van der Waals surface area contributed by atoms with Gasteiger partial charge in [-0.1, -0.05) is 44.2 Å². The average Bonchev–Trinajstić information content (AvgIpc) is 2.49. The van der Waals surface area contributed by atoms with Gasteiger partial charge in [0.1, 0.15) is 11.8 Å². The summed E-state index contributed by atoms with van der Waals surface area (Å²) in [5, 5.41) is 13.6. The number of aliphatic carboxylic acids is 1. The van der Waals surface area contributed by atoms with E-state index in [0.717, 1.165) is 10.8 Å². The molecule has 0 fully saturated rings. The first kappa shape index (κ1) is 15.8. The quantitative estimate of drug-likeness (QED) is 0.859. The second kappa shape index (κ2) is 6.93. The van der Waals surface area contributed by atoms with Crippen molar-refractivity contribution in [1.29, 1.82) is 0 Å². The van der Waals surface area contributed by atoms with E-state index in [1.807, 2.05) is 36.4 Å². The second-order valence-corrected chi connectivity index (χ2v) is 5.43. The Hall–Kier alpha value is -2.56. The summed E-state index contributed by atoms with van der Waals surface area (Å²) in [6.07, 6.45) is 0. The largest absolute Gasteiger partial charge is 0.484 e. The zero-order chi connectivity index (χ0) is 16.1. The standard InChI is InChI=1S/C17H19NO4/c1-11(2)16(17(20)21)18-15(19)10-22-14-8-7-12-5-3-4-6-13(12)9-14/h3-9,11,16H,10H2,1-2H3,(H,18,19)(H,20,21). The third-order valence-electron chi connectivity index (χ3n) is 3.34. The van der Waals surface area contributed by atoms with E-state index in [0.29, 0.717) is 5.75 Å². The van der Waals surface area contributed by atoms with Gasteiger partial charge in [-0.15, -0.1) is 0 Å². The third kappa shape index (κ3) is 3.97. The lowest BCUT2D eigenvalue weighted by Gasteiger charge is -2.18. The van der Waals surface area contributed by atoms with Crippen molar-refractivity contribution in [3.63, 3.8) is 0 Å². The number of benzene rings is 2. The van der Waals surface area contributed by atoms with Gasteiger partial charge in [0.25, 0.3) is 5.91 Å². The molecule has 2 rings (SSSR count). The van der Waals surface area contributed by atoms with Gasteiger partial charge in [0.05, 0.1) is 0 Å². The van der Waals surface area contributed by atoms with Crippen molar-refractivity contribution in [2.75, 3.05) is 6.61 Å². The first-order chi connectivity index (χ1) is 10.5. The molecule has 0 aliphatic rings. The van der Waals surface area contributed by atoms with E-state index >= 15 is 0 Å². The molecule has 2 aromatic carbocycles. The summed E-state index contributed by atoms with van der Waals surface area (Å²) in [6.45, 7) is 3.27. The predicted octanol–water partition coefficient (Wildman–Crippen LogP) is 2.44. The van der Waals surface area contributed by atoms with Gasteiger partial charge in [0.2, 0.25) is 0 Å². The number of hydrogen-bond acceptors (Lipinski definition) is 3. The number of ether oxygens (including phenoxy) is 1. The van der Waals surface area contributed by atoms with Crippen LogP contribution < -0.4 is 10.1 Å². The molecule has 0 bridgehead atoms. The molecule has 0 aliphatic carbocycles. The summed E-state index contributed by atoms with van der Waals surface area (Å²) in [5.41, 5.74) is 0. The smallest absolute Gasteiger partial charge is 0.326 e. The van der Waals surface area contributed by atoms with E-state index in [4.69, 9.17) is 9.84 Å². The van der Waals surface area contributed by atoms with Crippen LogP contribution in [-0.4, -0.2) is 29.6 Å².